The Morgan fingerprint density at radius 1 is 1.45 bits per heavy atom. The first kappa shape index (κ1) is 15.0. The predicted octanol–water partition coefficient (Wildman–Crippen LogP) is 0.990. The minimum atomic E-state index is -3.54. The molecular formula is C13H16O6S. The Kier molecular flexibility index (Phi) is 4.12. The fourth-order valence-electron chi connectivity index (χ4n) is 2.22. The number of hydrogen-bond donors (Lipinski definition) is 1. The molecule has 1 fully saturated rings. The van der Waals surface area contributed by atoms with Gasteiger partial charge < -0.3 is 9.84 Å². The fraction of sp³-hybridized carbons (Fsp3) is 0.462. The molecule has 1 aromatic rings. The molecule has 20 heavy (non-hydrogen) atoms. The third-order valence-corrected chi connectivity index (χ3v) is 3.88. The lowest BCUT2D eigenvalue weighted by molar-refractivity contribution is -0.144. The Hall–Kier alpha value is -1.44. The molecule has 7 heteroatoms. The van der Waals surface area contributed by atoms with Gasteiger partial charge in [-0.3, -0.25) is 4.18 Å². The van der Waals surface area contributed by atoms with Gasteiger partial charge in [-0.05, 0) is 12.0 Å². The number of hydrogen-bond acceptors (Lipinski definition) is 5. The normalized spacial score (nSPS) is 23.2. The van der Waals surface area contributed by atoms with Crippen LogP contribution >= 0.6 is 0 Å². The number of benzene rings is 1. The summed E-state index contributed by atoms with van der Waals surface area (Å²) < 4.78 is 31.8. The van der Waals surface area contributed by atoms with E-state index in [2.05, 4.69) is 0 Å². The van der Waals surface area contributed by atoms with Gasteiger partial charge in [0.25, 0.3) is 10.1 Å². The second kappa shape index (κ2) is 5.51. The lowest BCUT2D eigenvalue weighted by atomic mass is 9.84. The largest absolute Gasteiger partial charge is 0.479 e. The molecule has 0 aliphatic carbocycles. The molecule has 0 radical (unpaired) electrons. The highest BCUT2D eigenvalue weighted by molar-refractivity contribution is 7.85. The minimum absolute atomic E-state index is 0.0726. The van der Waals surface area contributed by atoms with E-state index >= 15 is 0 Å². The minimum Gasteiger partial charge on any atom is -0.479 e. The Balaban J connectivity index is 2.16. The van der Waals surface area contributed by atoms with E-state index in [9.17, 15) is 18.3 Å². The Morgan fingerprint density at radius 3 is 2.50 bits per heavy atom. The summed E-state index contributed by atoms with van der Waals surface area (Å²) in [6, 6.07) is 9.04. The molecule has 2 rings (SSSR count). The standard InChI is InChI=1S/C13H16O6S/c1-20(16,17)19-8-7-11(10-5-3-2-4-6-10)13(9-18-13)12(14)15/h2-6,11H,7-9H2,1H3,(H,14,15). The van der Waals surface area contributed by atoms with Gasteiger partial charge in [0.15, 0.2) is 5.60 Å². The van der Waals surface area contributed by atoms with Crippen molar-refractivity contribution in [1.29, 1.82) is 0 Å². The number of aliphatic carboxylic acids is 1. The van der Waals surface area contributed by atoms with E-state index in [1.54, 1.807) is 24.3 Å². The summed E-state index contributed by atoms with van der Waals surface area (Å²) in [4.78, 5) is 11.4. The van der Waals surface area contributed by atoms with Crippen LogP contribution in [0.1, 0.15) is 17.9 Å². The monoisotopic (exact) mass is 300 g/mol. The third kappa shape index (κ3) is 3.36. The van der Waals surface area contributed by atoms with E-state index in [-0.39, 0.29) is 19.6 Å². The number of ether oxygens (including phenoxy) is 1. The lowest BCUT2D eigenvalue weighted by Crippen LogP contribution is -2.33. The molecule has 0 bridgehead atoms. The summed E-state index contributed by atoms with van der Waals surface area (Å²) in [6.45, 7) is 0.0531. The molecule has 0 saturated carbocycles. The average Bonchev–Trinajstić information content (AvgIpc) is 3.16. The van der Waals surface area contributed by atoms with Crippen LogP contribution in [0.15, 0.2) is 30.3 Å². The summed E-state index contributed by atoms with van der Waals surface area (Å²) >= 11 is 0. The highest BCUT2D eigenvalue weighted by Gasteiger charge is 2.58. The zero-order valence-corrected chi connectivity index (χ0v) is 11.8. The first-order valence-electron chi connectivity index (χ1n) is 6.12. The van der Waals surface area contributed by atoms with Crippen molar-refractivity contribution in [3.05, 3.63) is 35.9 Å². The van der Waals surface area contributed by atoms with Crippen LogP contribution in [0.2, 0.25) is 0 Å². The van der Waals surface area contributed by atoms with Crippen molar-refractivity contribution in [3.8, 4) is 0 Å². The van der Waals surface area contributed by atoms with Crippen LogP contribution in [0.25, 0.3) is 0 Å². The molecule has 1 aliphatic rings. The van der Waals surface area contributed by atoms with Crippen molar-refractivity contribution in [2.24, 2.45) is 0 Å². The quantitative estimate of drug-likeness (QED) is 0.596. The van der Waals surface area contributed by atoms with Gasteiger partial charge in [0, 0.05) is 5.92 Å². The topological polar surface area (TPSA) is 93.2 Å². The van der Waals surface area contributed by atoms with Crippen molar-refractivity contribution >= 4 is 16.1 Å². The van der Waals surface area contributed by atoms with Crippen LogP contribution in [0.5, 0.6) is 0 Å². The van der Waals surface area contributed by atoms with E-state index < -0.39 is 27.6 Å². The molecule has 1 saturated heterocycles. The molecule has 110 valence electrons. The van der Waals surface area contributed by atoms with Crippen LogP contribution in [0.4, 0.5) is 0 Å². The molecule has 0 aromatic heterocycles. The van der Waals surface area contributed by atoms with Crippen molar-refractivity contribution in [1.82, 2.24) is 0 Å². The number of carbonyl (C=O) groups is 1. The molecule has 1 heterocycles. The first-order chi connectivity index (χ1) is 9.35. The van der Waals surface area contributed by atoms with Gasteiger partial charge in [0.1, 0.15) is 0 Å². The Bertz CT molecular complexity index is 576. The van der Waals surface area contributed by atoms with Gasteiger partial charge in [-0.15, -0.1) is 0 Å². The second-order valence-electron chi connectivity index (χ2n) is 4.76. The smallest absolute Gasteiger partial charge is 0.339 e. The molecule has 1 N–H and O–H groups in total. The van der Waals surface area contributed by atoms with E-state index in [1.807, 2.05) is 6.07 Å². The summed E-state index contributed by atoms with van der Waals surface area (Å²) in [6.07, 6.45) is 1.22. The highest BCUT2D eigenvalue weighted by atomic mass is 32.2. The second-order valence-corrected chi connectivity index (χ2v) is 6.41. The number of carboxylic acids is 1. The molecule has 0 amide bonds. The Morgan fingerprint density at radius 2 is 2.05 bits per heavy atom. The van der Waals surface area contributed by atoms with E-state index in [4.69, 9.17) is 8.92 Å². The van der Waals surface area contributed by atoms with Gasteiger partial charge in [0.05, 0.1) is 19.5 Å². The van der Waals surface area contributed by atoms with Crippen LogP contribution in [0, 0.1) is 0 Å². The van der Waals surface area contributed by atoms with Gasteiger partial charge in [0.2, 0.25) is 0 Å². The molecule has 2 atom stereocenters. The van der Waals surface area contributed by atoms with Crippen molar-refractivity contribution < 1.29 is 27.2 Å². The van der Waals surface area contributed by atoms with E-state index in [0.717, 1.165) is 11.8 Å². The SMILES string of the molecule is CS(=O)(=O)OCCC(c1ccccc1)C1(C(=O)O)CO1. The predicted molar refractivity (Wildman–Crippen MR) is 70.9 cm³/mol. The van der Waals surface area contributed by atoms with Crippen LogP contribution in [-0.2, 0) is 23.8 Å². The maximum atomic E-state index is 11.4. The lowest BCUT2D eigenvalue weighted by Gasteiger charge is -2.21. The van der Waals surface area contributed by atoms with Crippen LogP contribution in [0.3, 0.4) is 0 Å². The molecule has 1 aliphatic heterocycles. The summed E-state index contributed by atoms with van der Waals surface area (Å²) in [7, 11) is -3.54. The maximum absolute atomic E-state index is 11.4. The van der Waals surface area contributed by atoms with Crippen LogP contribution < -0.4 is 0 Å². The average molecular weight is 300 g/mol. The molecule has 6 nitrogen and oxygen atoms in total. The zero-order chi connectivity index (χ0) is 14.8. The fourth-order valence-corrected chi connectivity index (χ4v) is 2.62. The van der Waals surface area contributed by atoms with Gasteiger partial charge in [-0.1, -0.05) is 30.3 Å². The van der Waals surface area contributed by atoms with Crippen LogP contribution in [-0.4, -0.2) is 44.6 Å². The molecule has 2 unspecified atom stereocenters. The van der Waals surface area contributed by atoms with Gasteiger partial charge in [-0.25, -0.2) is 4.79 Å². The number of rotatable bonds is 7. The zero-order valence-electron chi connectivity index (χ0n) is 11.0. The van der Waals surface area contributed by atoms with Gasteiger partial charge in [-0.2, -0.15) is 8.42 Å². The van der Waals surface area contributed by atoms with E-state index in [1.165, 1.54) is 0 Å². The summed E-state index contributed by atoms with van der Waals surface area (Å²) in [5, 5.41) is 9.31. The summed E-state index contributed by atoms with van der Waals surface area (Å²) in [5.74, 6) is -1.48. The maximum Gasteiger partial charge on any atom is 0.339 e. The van der Waals surface area contributed by atoms with Crippen molar-refractivity contribution in [2.75, 3.05) is 19.5 Å². The van der Waals surface area contributed by atoms with Gasteiger partial charge >= 0.3 is 5.97 Å². The highest BCUT2D eigenvalue weighted by Crippen LogP contribution is 2.44. The van der Waals surface area contributed by atoms with E-state index in [0.29, 0.717) is 0 Å². The third-order valence-electron chi connectivity index (χ3n) is 3.29. The molecular weight excluding hydrogens is 284 g/mol. The molecule has 1 aromatic carbocycles. The number of carboxylic acid groups (broad SMARTS) is 1. The number of epoxide rings is 1. The van der Waals surface area contributed by atoms with Crippen molar-refractivity contribution in [3.63, 3.8) is 0 Å². The van der Waals surface area contributed by atoms with Crippen molar-refractivity contribution in [2.45, 2.75) is 17.9 Å². The first-order valence-corrected chi connectivity index (χ1v) is 7.93. The summed E-state index contributed by atoms with van der Waals surface area (Å²) in [5.41, 5.74) is -0.466. The Labute approximate surface area is 117 Å². The molecule has 0 spiro atoms.